The number of carbonyl (C=O) groups is 8. The van der Waals surface area contributed by atoms with Crippen molar-refractivity contribution in [1.29, 1.82) is 0 Å². The second-order valence-electron chi connectivity index (χ2n) is 20.1. The fraction of sp³-hybridized carbons (Fsp3) is 0.356. The average Bonchev–Trinajstić information content (AvgIpc) is 0.820. The standard InChI is InChI=1S/C59H54F6N6O20/c1-30(72)67-40-46(90-52(78)34-23-13-5-14-24-34)44(88-50(76)32-19-9-3-10-20-32)37(85-48(40)70-71-66)29-84-54-39(68-56(80)58(60,61)62)43(74)42(73)36(86-54)27-83-55-41(69-57(81)59(63,64)65)47(91-53(79)35-25-15-6-16-26-35)45(89-51(77)33-21-11-4-12-22-33)38(87-55)28-82-49(75)31-17-7-2-8-18-31/h2-26,36-48,54-55,73-74H,27-29H2,1H3,(H,67,72)(H,68,80)(H,69,81)/t36-,37-,38-,39-,40-,41-,42-,43-,44-,45-,46-,47-,48-,54-,55-/m1/s1. The third-order valence-corrected chi connectivity index (χ3v) is 13.9. The first kappa shape index (κ1) is 67.4. The first-order chi connectivity index (χ1) is 43.4. The first-order valence-electron chi connectivity index (χ1n) is 27.3. The Morgan fingerprint density at radius 1 is 0.462 bits per heavy atom. The van der Waals surface area contributed by atoms with Gasteiger partial charge in [-0.15, -0.1) is 0 Å². The molecule has 3 aliphatic rings. The number of ether oxygens (including phenoxy) is 10. The van der Waals surface area contributed by atoms with Gasteiger partial charge in [-0.2, -0.15) is 26.3 Å². The van der Waals surface area contributed by atoms with Gasteiger partial charge in [-0.05, 0) is 66.2 Å². The van der Waals surface area contributed by atoms with Gasteiger partial charge in [-0.1, -0.05) is 96.1 Å². The van der Waals surface area contributed by atoms with Crippen LogP contribution in [0.25, 0.3) is 10.4 Å². The number of aliphatic hydroxyl groups excluding tert-OH is 2. The summed E-state index contributed by atoms with van der Waals surface area (Å²) in [5.41, 5.74) is 8.99. The largest absolute Gasteiger partial charge is 0.471 e. The predicted molar refractivity (Wildman–Crippen MR) is 292 cm³/mol. The van der Waals surface area contributed by atoms with Gasteiger partial charge in [0.25, 0.3) is 0 Å². The third-order valence-electron chi connectivity index (χ3n) is 13.9. The normalized spacial score (nSPS) is 26.4. The van der Waals surface area contributed by atoms with E-state index in [0.717, 1.165) is 6.92 Å². The molecule has 5 aromatic rings. The molecule has 3 aliphatic heterocycles. The van der Waals surface area contributed by atoms with Crippen LogP contribution in [0.2, 0.25) is 0 Å². The molecule has 3 saturated heterocycles. The van der Waals surface area contributed by atoms with Gasteiger partial charge in [-0.25, -0.2) is 24.0 Å². The lowest BCUT2D eigenvalue weighted by molar-refractivity contribution is -0.309. The Morgan fingerprint density at radius 2 is 0.802 bits per heavy atom. The van der Waals surface area contributed by atoms with E-state index in [1.807, 2.05) is 0 Å². The number of nitrogens with one attached hydrogen (secondary N) is 3. The maximum absolute atomic E-state index is 14.4. The van der Waals surface area contributed by atoms with E-state index >= 15 is 0 Å². The van der Waals surface area contributed by atoms with E-state index in [4.69, 9.17) is 47.4 Å². The van der Waals surface area contributed by atoms with Crippen molar-refractivity contribution in [2.45, 2.75) is 111 Å². The molecule has 0 unspecified atom stereocenters. The van der Waals surface area contributed by atoms with Crippen LogP contribution in [0.1, 0.15) is 58.7 Å². The van der Waals surface area contributed by atoms with Crippen LogP contribution in [0.5, 0.6) is 0 Å². The Labute approximate surface area is 510 Å². The summed E-state index contributed by atoms with van der Waals surface area (Å²) in [5.74, 6) is -12.1. The summed E-state index contributed by atoms with van der Waals surface area (Å²) in [6, 6.07) is 28.2. The summed E-state index contributed by atoms with van der Waals surface area (Å²) in [4.78, 5) is 110. The van der Waals surface area contributed by atoms with E-state index in [1.54, 1.807) is 23.5 Å². The van der Waals surface area contributed by atoms with Crippen LogP contribution in [0.3, 0.4) is 0 Å². The molecule has 0 aliphatic carbocycles. The lowest BCUT2D eigenvalue weighted by Crippen LogP contribution is -2.69. The third kappa shape index (κ3) is 17.5. The predicted octanol–water partition coefficient (Wildman–Crippen LogP) is 4.58. The molecule has 5 N–H and O–H groups in total. The van der Waals surface area contributed by atoms with Crippen molar-refractivity contribution >= 4 is 47.6 Å². The fourth-order valence-electron chi connectivity index (χ4n) is 9.58. The van der Waals surface area contributed by atoms with Crippen LogP contribution in [-0.2, 0) is 61.8 Å². The minimum atomic E-state index is -5.74. The SMILES string of the molecule is CC(=O)N[C@@H]1[C@@H](OC(=O)c2ccccc2)[C@H](OC(=O)c2ccccc2)[C@@H](CO[C@@H]2O[C@H](CO[C@@H]3O[C@H](COC(=O)c4ccccc4)[C@@H](OC(=O)c4ccccc4)[C@H](OC(=O)c4ccccc4)[C@H]3NC(=O)C(F)(F)F)[C@@H](O)[C@H](O)[C@H]2NC(=O)C(F)(F)F)O[C@H]1N=[N+]=[N-]. The molecule has 26 nitrogen and oxygen atoms in total. The van der Waals surface area contributed by atoms with Gasteiger partial charge in [0.2, 0.25) is 5.91 Å². The number of nitrogens with zero attached hydrogens (tertiary/aromatic N) is 3. The highest BCUT2D eigenvalue weighted by atomic mass is 19.4. The number of benzene rings is 5. The van der Waals surface area contributed by atoms with E-state index in [2.05, 4.69) is 15.3 Å². The summed E-state index contributed by atoms with van der Waals surface area (Å²) < 4.78 is 144. The minimum absolute atomic E-state index is 0.0513. The number of halogens is 6. The number of azide groups is 1. The Balaban J connectivity index is 1.16. The number of aliphatic hydroxyl groups is 2. The zero-order chi connectivity index (χ0) is 65.6. The lowest BCUT2D eigenvalue weighted by atomic mass is 9.94. The van der Waals surface area contributed by atoms with Gasteiger partial charge in [-0.3, -0.25) is 14.4 Å². The van der Waals surface area contributed by atoms with E-state index in [-0.39, 0.29) is 27.8 Å². The topological polar surface area (TPSA) is 354 Å². The van der Waals surface area contributed by atoms with E-state index in [1.165, 1.54) is 139 Å². The quantitative estimate of drug-likeness (QED) is 0.0167. The van der Waals surface area contributed by atoms with Crippen molar-refractivity contribution in [3.63, 3.8) is 0 Å². The number of amides is 3. The highest BCUT2D eigenvalue weighted by Gasteiger charge is 2.57. The minimum Gasteiger partial charge on any atom is -0.459 e. The second kappa shape index (κ2) is 30.3. The maximum Gasteiger partial charge on any atom is 0.471 e. The molecule has 91 heavy (non-hydrogen) atoms. The molecule has 3 fully saturated rings. The number of carbonyl (C=O) groups excluding carboxylic acids is 8. The van der Waals surface area contributed by atoms with Gasteiger partial charge in [0.05, 0.1) is 41.0 Å². The summed E-state index contributed by atoms with van der Waals surface area (Å²) in [7, 11) is 0. The molecule has 15 atom stereocenters. The van der Waals surface area contributed by atoms with Crippen molar-refractivity contribution in [1.82, 2.24) is 16.0 Å². The summed E-state index contributed by atoms with van der Waals surface area (Å²) in [6.07, 6.45) is -37.8. The van der Waals surface area contributed by atoms with Crippen LogP contribution < -0.4 is 16.0 Å². The molecular formula is C59H54F6N6O20. The van der Waals surface area contributed by atoms with Crippen LogP contribution in [-0.4, -0.2) is 182 Å². The molecule has 482 valence electrons. The van der Waals surface area contributed by atoms with Crippen molar-refractivity contribution in [3.8, 4) is 0 Å². The number of hydrogen-bond acceptors (Lipinski definition) is 21. The monoisotopic (exact) mass is 1280 g/mol. The first-order valence-corrected chi connectivity index (χ1v) is 27.3. The van der Waals surface area contributed by atoms with Gasteiger partial charge < -0.3 is 73.5 Å². The summed E-state index contributed by atoms with van der Waals surface area (Å²) in [5, 5.41) is 32.3. The molecule has 0 radical (unpaired) electrons. The molecule has 0 bridgehead atoms. The Bertz CT molecular complexity index is 3400. The maximum atomic E-state index is 14.4. The molecule has 0 aromatic heterocycles. The smallest absolute Gasteiger partial charge is 0.459 e. The Hall–Kier alpha value is -9.53. The van der Waals surface area contributed by atoms with Gasteiger partial charge in [0.1, 0.15) is 55.3 Å². The van der Waals surface area contributed by atoms with Crippen molar-refractivity contribution in [2.75, 3.05) is 19.8 Å². The van der Waals surface area contributed by atoms with Crippen molar-refractivity contribution in [3.05, 3.63) is 190 Å². The molecule has 32 heteroatoms. The number of rotatable bonds is 21. The van der Waals surface area contributed by atoms with Gasteiger partial charge in [0, 0.05) is 11.8 Å². The van der Waals surface area contributed by atoms with Gasteiger partial charge in [0.15, 0.2) is 43.2 Å². The highest BCUT2D eigenvalue weighted by molar-refractivity contribution is 5.92. The Kier molecular flexibility index (Phi) is 22.5. The molecule has 0 saturated carbocycles. The molecule has 3 heterocycles. The van der Waals surface area contributed by atoms with Crippen LogP contribution >= 0.6 is 0 Å². The Morgan fingerprint density at radius 3 is 1.20 bits per heavy atom. The number of alkyl halides is 6. The highest BCUT2D eigenvalue weighted by Crippen LogP contribution is 2.34. The van der Waals surface area contributed by atoms with Crippen LogP contribution in [0.15, 0.2) is 157 Å². The molecular weight excluding hydrogens is 1230 g/mol. The van der Waals surface area contributed by atoms with Gasteiger partial charge >= 0.3 is 54.0 Å². The summed E-state index contributed by atoms with van der Waals surface area (Å²) >= 11 is 0. The second-order valence-corrected chi connectivity index (χ2v) is 20.1. The molecule has 0 spiro atoms. The van der Waals surface area contributed by atoms with Crippen LogP contribution in [0, 0.1) is 0 Å². The number of esters is 5. The van der Waals surface area contributed by atoms with Crippen LogP contribution in [0.4, 0.5) is 26.3 Å². The zero-order valence-electron chi connectivity index (χ0n) is 47.1. The average molecular weight is 1280 g/mol. The molecule has 5 aromatic carbocycles. The molecule has 3 amide bonds. The van der Waals surface area contributed by atoms with E-state index in [9.17, 15) is 80.4 Å². The van der Waals surface area contributed by atoms with E-state index < -0.39 is 172 Å². The number of hydrogen-bond donors (Lipinski definition) is 5. The lowest BCUT2D eigenvalue weighted by Gasteiger charge is -2.47. The molecule has 8 rings (SSSR count). The van der Waals surface area contributed by atoms with E-state index in [0.29, 0.717) is 0 Å². The summed E-state index contributed by atoms with van der Waals surface area (Å²) in [6.45, 7) is -2.44. The van der Waals surface area contributed by atoms with Crippen molar-refractivity contribution < 1.29 is 122 Å². The zero-order valence-corrected chi connectivity index (χ0v) is 47.1. The fourth-order valence-corrected chi connectivity index (χ4v) is 9.58. The van der Waals surface area contributed by atoms with Crippen molar-refractivity contribution in [2.24, 2.45) is 5.11 Å².